The molecule has 14 nitrogen and oxygen atoms in total. The number of aromatic nitrogens is 1. The van der Waals surface area contributed by atoms with Gasteiger partial charge < -0.3 is 49.8 Å². The molecular weight excluding hydrogens is 885 g/mol. The zero-order valence-electron chi connectivity index (χ0n) is 41.1. The van der Waals surface area contributed by atoms with Crippen molar-refractivity contribution in [3.63, 3.8) is 0 Å². The maximum absolute atomic E-state index is 14.0. The number of nitrogens with one attached hydrogen (secondary N) is 2. The molecule has 0 bridgehead atoms. The van der Waals surface area contributed by atoms with Crippen molar-refractivity contribution in [2.75, 3.05) is 59.4 Å². The largest absolute Gasteiger partial charge is 0.508 e. The van der Waals surface area contributed by atoms with Gasteiger partial charge in [-0.25, -0.2) is 4.98 Å². The number of hydrogen-bond acceptors (Lipinski definition) is 12. The minimum Gasteiger partial charge on any atom is -0.508 e. The van der Waals surface area contributed by atoms with E-state index in [0.29, 0.717) is 62.5 Å². The molecule has 2 aromatic carbocycles. The van der Waals surface area contributed by atoms with Gasteiger partial charge in [0, 0.05) is 26.1 Å². The molecule has 1 saturated heterocycles. The number of rotatable bonds is 22. The van der Waals surface area contributed by atoms with E-state index in [1.54, 1.807) is 11.3 Å². The van der Waals surface area contributed by atoms with Crippen LogP contribution in [0, 0.1) is 42.4 Å². The molecule has 4 aliphatic rings. The summed E-state index contributed by atoms with van der Waals surface area (Å²) in [4.78, 5) is 47.4. The van der Waals surface area contributed by atoms with Gasteiger partial charge in [-0.15, -0.1) is 11.3 Å². The first-order valence-corrected chi connectivity index (χ1v) is 25.7. The van der Waals surface area contributed by atoms with Crippen molar-refractivity contribution >= 4 is 29.1 Å². The van der Waals surface area contributed by atoms with Crippen LogP contribution < -0.4 is 10.6 Å². The van der Waals surface area contributed by atoms with Crippen LogP contribution >= 0.6 is 11.3 Å². The Morgan fingerprint density at radius 2 is 1.60 bits per heavy atom. The van der Waals surface area contributed by atoms with Crippen LogP contribution in [0.1, 0.15) is 112 Å². The highest BCUT2D eigenvalue weighted by atomic mass is 32.1. The number of unbranched alkanes of at least 4 members (excludes halogenated alkanes) is 1. The van der Waals surface area contributed by atoms with Gasteiger partial charge in [-0.2, -0.15) is 0 Å². The lowest BCUT2D eigenvalue weighted by Crippen LogP contribution is -2.58. The lowest BCUT2D eigenvalue weighted by atomic mass is 9.52. The number of β-amino-alcohol motifs (C(OH)–C–C–N with tert-alkyl or cyclic N) is 1. The van der Waals surface area contributed by atoms with Gasteiger partial charge in [0.1, 0.15) is 24.4 Å². The van der Waals surface area contributed by atoms with Gasteiger partial charge in [0.25, 0.3) is 0 Å². The molecule has 0 radical (unpaired) electrons. The minimum absolute atomic E-state index is 0.00802. The van der Waals surface area contributed by atoms with Crippen molar-refractivity contribution in [2.24, 2.45) is 28.6 Å². The number of phenols is 1. The number of fused-ring (bicyclic) bond motifs is 5. The van der Waals surface area contributed by atoms with Gasteiger partial charge in [-0.05, 0) is 128 Å². The summed E-state index contributed by atoms with van der Waals surface area (Å²) < 4.78 is 22.8. The Morgan fingerprint density at radius 3 is 2.28 bits per heavy atom. The Kier molecular flexibility index (Phi) is 17.8. The second kappa shape index (κ2) is 23.3. The van der Waals surface area contributed by atoms with Gasteiger partial charge in [-0.3, -0.25) is 14.4 Å². The van der Waals surface area contributed by atoms with Crippen molar-refractivity contribution in [1.82, 2.24) is 20.5 Å². The Balaban J connectivity index is 0.737. The third kappa shape index (κ3) is 12.7. The summed E-state index contributed by atoms with van der Waals surface area (Å²) in [7, 11) is 0. The van der Waals surface area contributed by atoms with Crippen LogP contribution in [0.4, 0.5) is 0 Å². The zero-order chi connectivity index (χ0) is 48.6. The number of aromatic hydroxyl groups is 1. The topological polar surface area (TPSA) is 189 Å². The summed E-state index contributed by atoms with van der Waals surface area (Å²) in [5.41, 5.74) is 5.00. The number of ether oxygens (including phenoxy) is 4. The van der Waals surface area contributed by atoms with Crippen LogP contribution in [-0.2, 0) is 46.3 Å². The summed E-state index contributed by atoms with van der Waals surface area (Å²) in [5.74, 6) is 1.27. The lowest BCUT2D eigenvalue weighted by molar-refractivity contribution is -0.144. The molecule has 15 heteroatoms. The lowest BCUT2D eigenvalue weighted by Gasteiger charge is -2.53. The van der Waals surface area contributed by atoms with E-state index in [-0.39, 0.29) is 56.8 Å². The number of amides is 3. The molecule has 3 aliphatic carbocycles. The number of aryl methyl sites for hydroxylation is 2. The van der Waals surface area contributed by atoms with Crippen LogP contribution in [0.25, 0.3) is 10.4 Å². The Labute approximate surface area is 406 Å². The van der Waals surface area contributed by atoms with E-state index in [2.05, 4.69) is 28.6 Å². The number of aliphatic hydroxyl groups excluding tert-OH is 2. The molecule has 3 fully saturated rings. The molecule has 2 saturated carbocycles. The third-order valence-corrected chi connectivity index (χ3v) is 16.3. The number of carbonyl (C=O) groups is 3. The van der Waals surface area contributed by atoms with E-state index in [0.717, 1.165) is 78.1 Å². The molecule has 9 atom stereocenters. The monoisotopic (exact) mass is 961 g/mol. The molecule has 0 spiro atoms. The maximum atomic E-state index is 14.0. The highest BCUT2D eigenvalue weighted by molar-refractivity contribution is 7.15. The van der Waals surface area contributed by atoms with Crippen LogP contribution in [0.5, 0.6) is 5.75 Å². The molecule has 3 amide bonds. The zero-order valence-corrected chi connectivity index (χ0v) is 41.9. The van der Waals surface area contributed by atoms with E-state index in [4.69, 9.17) is 18.9 Å². The number of nitrogens with zero attached hydrogens (tertiary/aromatic N) is 2. The highest BCUT2D eigenvalue weighted by Crippen LogP contribution is 2.62. The van der Waals surface area contributed by atoms with Crippen LogP contribution in [-0.4, -0.2) is 127 Å². The van der Waals surface area contributed by atoms with Gasteiger partial charge in [-0.1, -0.05) is 64.4 Å². The van der Waals surface area contributed by atoms with E-state index >= 15 is 0 Å². The van der Waals surface area contributed by atoms with Crippen LogP contribution in [0.3, 0.4) is 0 Å². The van der Waals surface area contributed by atoms with Crippen molar-refractivity contribution in [3.05, 3.63) is 69.9 Å². The SMILES string of the molecule is Cc1nc(C)c(-c2ccc(CNC(=O)C3CC(O)CN3C(=O)C(NC(=O)COCCOCCOCCOCCCCC3Cc4cc(O)ccc4C4CCC5(C)C(O)CCC5C34)C(C)(C)C)cc2)s1. The van der Waals surface area contributed by atoms with Crippen molar-refractivity contribution in [2.45, 2.75) is 136 Å². The second-order valence-electron chi connectivity index (χ2n) is 21.0. The molecule has 3 aromatic rings. The molecule has 1 aliphatic heterocycles. The first-order chi connectivity index (χ1) is 32.5. The molecule has 374 valence electrons. The van der Waals surface area contributed by atoms with Gasteiger partial charge >= 0.3 is 0 Å². The fraction of sp³-hybridized carbons (Fsp3) is 0.660. The summed E-state index contributed by atoms with van der Waals surface area (Å²) >= 11 is 1.64. The van der Waals surface area contributed by atoms with Crippen LogP contribution in [0.2, 0.25) is 0 Å². The number of phenolic OH excluding ortho intramolecular Hbond substituents is 1. The summed E-state index contributed by atoms with van der Waals surface area (Å²) in [6.07, 6.45) is 7.42. The van der Waals surface area contributed by atoms with E-state index in [1.165, 1.54) is 16.0 Å². The van der Waals surface area contributed by atoms with E-state index < -0.39 is 35.4 Å². The Bertz CT molecular complexity index is 2160. The minimum atomic E-state index is -0.954. The molecule has 5 N–H and O–H groups in total. The molecule has 1 aromatic heterocycles. The number of benzene rings is 2. The Morgan fingerprint density at radius 1 is 0.912 bits per heavy atom. The first kappa shape index (κ1) is 51.9. The first-order valence-electron chi connectivity index (χ1n) is 24.9. The fourth-order valence-corrected chi connectivity index (χ4v) is 12.6. The van der Waals surface area contributed by atoms with Crippen molar-refractivity contribution in [1.29, 1.82) is 0 Å². The number of hydrogen-bond donors (Lipinski definition) is 5. The third-order valence-electron chi connectivity index (χ3n) is 15.2. The van der Waals surface area contributed by atoms with Crippen molar-refractivity contribution in [3.8, 4) is 16.2 Å². The number of aliphatic hydroxyl groups is 2. The smallest absolute Gasteiger partial charge is 0.246 e. The molecular formula is C53H76N4O10S. The van der Waals surface area contributed by atoms with Gasteiger partial charge in [0.05, 0.1) is 67.4 Å². The van der Waals surface area contributed by atoms with E-state index in [1.807, 2.05) is 71.0 Å². The molecule has 2 heterocycles. The number of carbonyl (C=O) groups excluding carboxylic acids is 3. The normalized spacial score (nSPS) is 25.9. The Hall–Kier alpha value is -3.96. The quantitative estimate of drug-likeness (QED) is 0.0681. The predicted octanol–water partition coefficient (Wildman–Crippen LogP) is 6.62. The maximum Gasteiger partial charge on any atom is 0.246 e. The second-order valence-corrected chi connectivity index (χ2v) is 22.2. The summed E-state index contributed by atoms with van der Waals surface area (Å²) in [6.45, 7) is 14.7. The average Bonchev–Trinajstić information content (AvgIpc) is 3.97. The van der Waals surface area contributed by atoms with Crippen LogP contribution in [0.15, 0.2) is 42.5 Å². The predicted molar refractivity (Wildman–Crippen MR) is 261 cm³/mol. The average molecular weight is 961 g/mol. The highest BCUT2D eigenvalue weighted by Gasteiger charge is 2.56. The van der Waals surface area contributed by atoms with Crippen molar-refractivity contribution < 1.29 is 48.7 Å². The van der Waals surface area contributed by atoms with E-state index in [9.17, 15) is 29.7 Å². The number of thiazole rings is 1. The molecule has 9 unspecified atom stereocenters. The fourth-order valence-electron chi connectivity index (χ4n) is 11.7. The summed E-state index contributed by atoms with van der Waals surface area (Å²) in [5, 5.41) is 38.6. The van der Waals surface area contributed by atoms with Gasteiger partial charge in [0.15, 0.2) is 0 Å². The van der Waals surface area contributed by atoms with Gasteiger partial charge in [0.2, 0.25) is 17.7 Å². The number of likely N-dealkylation sites (tertiary alicyclic amines) is 1. The standard InChI is InChI=1S/C53H76N4O10S/c1-33-48(68-34(2)55-33)36-12-10-35(11-13-36)30-54-50(62)44-29-40(59)31-57(44)51(63)49(52(3,4)5)56-46(61)32-67-26-25-66-24-23-65-22-21-64-20-8-7-9-37-27-38-28-39(58)14-15-41(38)42-18-19-53(6)43(47(37)42)16-17-45(53)60/h10-15,28,37,40,42-45,47,49,58-60H,7-9,16-27,29-32H2,1-6H3,(H,54,62)(H,56,61). The molecule has 68 heavy (non-hydrogen) atoms. The summed E-state index contributed by atoms with van der Waals surface area (Å²) in [6, 6.07) is 12.1. The molecule has 7 rings (SSSR count).